The highest BCUT2D eigenvalue weighted by atomic mass is 32.2. The van der Waals surface area contributed by atoms with Crippen LogP contribution in [0.3, 0.4) is 0 Å². The molecule has 33 heavy (non-hydrogen) atoms. The van der Waals surface area contributed by atoms with Gasteiger partial charge in [0, 0.05) is 24.2 Å². The number of hydrogen-bond acceptors (Lipinski definition) is 7. The van der Waals surface area contributed by atoms with Crippen molar-refractivity contribution in [1.82, 2.24) is 14.5 Å². The van der Waals surface area contributed by atoms with E-state index in [9.17, 15) is 13.2 Å². The Labute approximate surface area is 198 Å². The third-order valence-corrected chi connectivity index (χ3v) is 8.57. The van der Waals surface area contributed by atoms with Crippen LogP contribution in [0.2, 0.25) is 0 Å². The van der Waals surface area contributed by atoms with Crippen molar-refractivity contribution in [3.63, 3.8) is 0 Å². The largest absolute Gasteiger partial charge is 0.411 e. The molecule has 0 aliphatic carbocycles. The Morgan fingerprint density at radius 2 is 1.82 bits per heavy atom. The van der Waals surface area contributed by atoms with Gasteiger partial charge in [-0.05, 0) is 63.4 Å². The lowest BCUT2D eigenvalue weighted by atomic mass is 10.0. The Hall–Kier alpha value is -2.49. The van der Waals surface area contributed by atoms with Gasteiger partial charge in [0.15, 0.2) is 5.78 Å². The molecule has 4 rings (SSSR count). The first kappa shape index (κ1) is 23.7. The number of nitrogens with zero attached hydrogens (tertiary/aromatic N) is 3. The molecule has 0 bridgehead atoms. The van der Waals surface area contributed by atoms with Crippen molar-refractivity contribution in [2.45, 2.75) is 55.4 Å². The first-order chi connectivity index (χ1) is 15.8. The number of ketones is 1. The molecule has 0 N–H and O–H groups in total. The molecule has 1 fully saturated rings. The molecule has 1 unspecified atom stereocenters. The molecule has 1 atom stereocenters. The minimum atomic E-state index is -3.56. The normalized spacial score (nSPS) is 16.0. The van der Waals surface area contributed by atoms with E-state index in [1.807, 2.05) is 39.0 Å². The molecule has 174 valence electrons. The predicted octanol–water partition coefficient (Wildman–Crippen LogP) is 4.89. The molecule has 1 aliphatic heterocycles. The summed E-state index contributed by atoms with van der Waals surface area (Å²) < 4.78 is 33.3. The lowest BCUT2D eigenvalue weighted by Gasteiger charge is -2.25. The van der Waals surface area contributed by atoms with Gasteiger partial charge in [0.2, 0.25) is 15.9 Å². The van der Waals surface area contributed by atoms with Crippen LogP contribution < -0.4 is 0 Å². The highest BCUT2D eigenvalue weighted by molar-refractivity contribution is 8.00. The van der Waals surface area contributed by atoms with E-state index in [4.69, 9.17) is 4.42 Å². The van der Waals surface area contributed by atoms with Crippen molar-refractivity contribution in [3.05, 3.63) is 59.2 Å². The first-order valence-electron chi connectivity index (χ1n) is 11.0. The second-order valence-electron chi connectivity index (χ2n) is 8.31. The minimum absolute atomic E-state index is 0.00410. The van der Waals surface area contributed by atoms with Crippen LogP contribution in [0.5, 0.6) is 0 Å². The average molecular weight is 486 g/mol. The molecule has 0 spiro atoms. The number of benzene rings is 2. The van der Waals surface area contributed by atoms with E-state index >= 15 is 0 Å². The van der Waals surface area contributed by atoms with Gasteiger partial charge in [0.05, 0.1) is 10.1 Å². The van der Waals surface area contributed by atoms with Gasteiger partial charge in [-0.15, -0.1) is 10.2 Å². The number of Topliss-reactive ketones (excluding diaryl/α,β-unsaturated/α-hetero) is 1. The van der Waals surface area contributed by atoms with E-state index in [1.54, 1.807) is 24.3 Å². The molecule has 1 saturated heterocycles. The zero-order chi connectivity index (χ0) is 23.6. The fourth-order valence-corrected chi connectivity index (χ4v) is 6.16. The maximum atomic E-state index is 13.0. The Morgan fingerprint density at radius 1 is 1.06 bits per heavy atom. The molecule has 1 aliphatic rings. The number of rotatable bonds is 7. The molecule has 7 nitrogen and oxygen atoms in total. The van der Waals surface area contributed by atoms with Gasteiger partial charge in [-0.1, -0.05) is 41.9 Å². The summed E-state index contributed by atoms with van der Waals surface area (Å²) >= 11 is 1.19. The standard InChI is InChI=1S/C24H27N3O4S2/c1-16-10-11-17(2)21(14-16)22(28)18(3)32-24-26-25-23(31-24)19-8-7-9-20(15-19)33(29,30)27-12-5-4-6-13-27/h7-11,14-15,18H,4-6,12-13H2,1-3H3. The second-order valence-corrected chi connectivity index (χ2v) is 11.5. The molecule has 0 amide bonds. The number of aromatic nitrogens is 2. The van der Waals surface area contributed by atoms with Crippen LogP contribution >= 0.6 is 11.8 Å². The molecule has 3 aromatic rings. The summed E-state index contributed by atoms with van der Waals surface area (Å²) in [6.45, 7) is 6.77. The summed E-state index contributed by atoms with van der Waals surface area (Å²) in [6.07, 6.45) is 2.81. The van der Waals surface area contributed by atoms with Gasteiger partial charge in [-0.25, -0.2) is 8.42 Å². The Kier molecular flexibility index (Phi) is 7.02. The van der Waals surface area contributed by atoms with E-state index < -0.39 is 15.3 Å². The number of piperidine rings is 1. The minimum Gasteiger partial charge on any atom is -0.411 e. The first-order valence-corrected chi connectivity index (χ1v) is 13.3. The summed E-state index contributed by atoms with van der Waals surface area (Å²) in [5, 5.41) is 8.00. The van der Waals surface area contributed by atoms with Crippen LogP contribution in [0, 0.1) is 13.8 Å². The van der Waals surface area contributed by atoms with Crippen molar-refractivity contribution >= 4 is 27.6 Å². The van der Waals surface area contributed by atoms with Gasteiger partial charge in [0.25, 0.3) is 5.22 Å². The van der Waals surface area contributed by atoms with Crippen molar-refractivity contribution in [3.8, 4) is 11.5 Å². The van der Waals surface area contributed by atoms with Crippen LogP contribution in [0.25, 0.3) is 11.5 Å². The monoisotopic (exact) mass is 485 g/mol. The number of carbonyl (C=O) groups excluding carboxylic acids is 1. The molecule has 2 aromatic carbocycles. The summed E-state index contributed by atoms with van der Waals surface area (Å²) in [4.78, 5) is 13.1. The van der Waals surface area contributed by atoms with Gasteiger partial charge in [0.1, 0.15) is 0 Å². The van der Waals surface area contributed by atoms with Crippen LogP contribution in [0.4, 0.5) is 0 Å². The number of sulfonamides is 1. The van der Waals surface area contributed by atoms with E-state index in [1.165, 1.54) is 16.1 Å². The molecule has 9 heteroatoms. The van der Waals surface area contributed by atoms with Crippen LogP contribution in [0.1, 0.15) is 47.7 Å². The third kappa shape index (κ3) is 5.20. The van der Waals surface area contributed by atoms with E-state index in [0.717, 1.165) is 30.4 Å². The second kappa shape index (κ2) is 9.79. The maximum absolute atomic E-state index is 13.0. The van der Waals surface area contributed by atoms with Crippen molar-refractivity contribution in [1.29, 1.82) is 0 Å². The number of hydrogen-bond donors (Lipinski definition) is 0. The lowest BCUT2D eigenvalue weighted by Crippen LogP contribution is -2.35. The van der Waals surface area contributed by atoms with Gasteiger partial charge in [-0.3, -0.25) is 4.79 Å². The van der Waals surface area contributed by atoms with Crippen LogP contribution in [-0.2, 0) is 10.0 Å². The van der Waals surface area contributed by atoms with Gasteiger partial charge >= 0.3 is 0 Å². The maximum Gasteiger partial charge on any atom is 0.277 e. The van der Waals surface area contributed by atoms with Gasteiger partial charge < -0.3 is 4.42 Å². The predicted molar refractivity (Wildman–Crippen MR) is 128 cm³/mol. The highest BCUT2D eigenvalue weighted by Crippen LogP contribution is 2.30. The molecule has 1 aromatic heterocycles. The Balaban J connectivity index is 1.51. The quantitative estimate of drug-likeness (QED) is 0.347. The molecular weight excluding hydrogens is 458 g/mol. The molecule has 0 saturated carbocycles. The summed E-state index contributed by atoms with van der Waals surface area (Å²) in [5.74, 6) is 0.218. The lowest BCUT2D eigenvalue weighted by molar-refractivity contribution is 0.0993. The topological polar surface area (TPSA) is 93.4 Å². The molecule has 2 heterocycles. The third-order valence-electron chi connectivity index (χ3n) is 5.75. The summed E-state index contributed by atoms with van der Waals surface area (Å²) in [7, 11) is -3.56. The summed E-state index contributed by atoms with van der Waals surface area (Å²) in [5.41, 5.74) is 3.17. The Morgan fingerprint density at radius 3 is 2.58 bits per heavy atom. The Bertz CT molecular complexity index is 1260. The van der Waals surface area contributed by atoms with E-state index in [-0.39, 0.29) is 21.8 Å². The van der Waals surface area contributed by atoms with Crippen LogP contribution in [-0.4, -0.2) is 47.0 Å². The summed E-state index contributed by atoms with van der Waals surface area (Å²) in [6, 6.07) is 12.4. The van der Waals surface area contributed by atoms with Crippen molar-refractivity contribution in [2.24, 2.45) is 0 Å². The van der Waals surface area contributed by atoms with E-state index in [0.29, 0.717) is 24.2 Å². The number of aryl methyl sites for hydroxylation is 2. The average Bonchev–Trinajstić information content (AvgIpc) is 3.29. The zero-order valence-electron chi connectivity index (χ0n) is 18.9. The van der Waals surface area contributed by atoms with Crippen molar-refractivity contribution in [2.75, 3.05) is 13.1 Å². The number of carbonyl (C=O) groups is 1. The van der Waals surface area contributed by atoms with Crippen molar-refractivity contribution < 1.29 is 17.6 Å². The smallest absolute Gasteiger partial charge is 0.277 e. The van der Waals surface area contributed by atoms with E-state index in [2.05, 4.69) is 10.2 Å². The van der Waals surface area contributed by atoms with Crippen LogP contribution in [0.15, 0.2) is 57.0 Å². The highest BCUT2D eigenvalue weighted by Gasteiger charge is 2.27. The van der Waals surface area contributed by atoms with Gasteiger partial charge in [-0.2, -0.15) is 4.31 Å². The zero-order valence-corrected chi connectivity index (χ0v) is 20.6. The SMILES string of the molecule is Cc1ccc(C)c(C(=O)C(C)Sc2nnc(-c3cccc(S(=O)(=O)N4CCCCC4)c3)o2)c1. The fourth-order valence-electron chi connectivity index (χ4n) is 3.84. The fraction of sp³-hybridized carbons (Fsp3) is 0.375. The molecular formula is C24H27N3O4S2. The number of thioether (sulfide) groups is 1. The molecule has 0 radical (unpaired) electrons.